The number of hydrogen-bond acceptors (Lipinski definition) is 6. The Kier molecular flexibility index (Phi) is 5.07. The first-order chi connectivity index (χ1) is 13.1. The van der Waals surface area contributed by atoms with Crippen LogP contribution >= 0.6 is 11.3 Å². The molecule has 0 unspecified atom stereocenters. The van der Waals surface area contributed by atoms with Crippen molar-refractivity contribution in [1.82, 2.24) is 14.8 Å². The number of rotatable bonds is 4. The first kappa shape index (κ1) is 17.9. The summed E-state index contributed by atoms with van der Waals surface area (Å²) in [6.07, 6.45) is 0. The predicted octanol–water partition coefficient (Wildman–Crippen LogP) is 3.00. The minimum Gasteiger partial charge on any atom is -0.508 e. The van der Waals surface area contributed by atoms with Crippen LogP contribution in [0, 0.1) is 0 Å². The lowest BCUT2D eigenvalue weighted by Crippen LogP contribution is -2.43. The molecule has 0 atom stereocenters. The highest BCUT2D eigenvalue weighted by molar-refractivity contribution is 7.09. The number of fused-ring (bicyclic) bond motifs is 1. The van der Waals surface area contributed by atoms with Gasteiger partial charge in [0.05, 0.1) is 6.54 Å². The van der Waals surface area contributed by atoms with Crippen LogP contribution in [0.25, 0.3) is 10.8 Å². The summed E-state index contributed by atoms with van der Waals surface area (Å²) in [6, 6.07) is 10.8. The Balaban J connectivity index is 1.46. The summed E-state index contributed by atoms with van der Waals surface area (Å²) in [4.78, 5) is 21.8. The van der Waals surface area contributed by atoms with Gasteiger partial charge in [0.15, 0.2) is 0 Å². The number of hydrogen-bond donors (Lipinski definition) is 2. The maximum absolute atomic E-state index is 12.6. The standard InChI is InChI=1S/C20H22N4O2S/c1-23-7-9-24(10-8-23)12-19-21-18(13-27-19)20(26)22-17-4-2-3-14-5-6-15(25)11-16(14)17/h2-6,11,13,25H,7-10,12H2,1H3,(H,22,26). The van der Waals surface area contributed by atoms with Gasteiger partial charge in [-0.15, -0.1) is 11.3 Å². The number of nitrogens with one attached hydrogen (secondary N) is 1. The van der Waals surface area contributed by atoms with Crippen molar-refractivity contribution in [3.8, 4) is 5.75 Å². The lowest BCUT2D eigenvalue weighted by atomic mass is 10.1. The van der Waals surface area contributed by atoms with Gasteiger partial charge in [-0.2, -0.15) is 0 Å². The van der Waals surface area contributed by atoms with Gasteiger partial charge in [-0.3, -0.25) is 9.69 Å². The van der Waals surface area contributed by atoms with Gasteiger partial charge in [0.2, 0.25) is 0 Å². The number of carbonyl (C=O) groups excluding carboxylic acids is 1. The molecule has 140 valence electrons. The minimum atomic E-state index is -0.230. The largest absolute Gasteiger partial charge is 0.508 e. The number of phenols is 1. The summed E-state index contributed by atoms with van der Waals surface area (Å²) in [5.41, 5.74) is 1.10. The van der Waals surface area contributed by atoms with Crippen molar-refractivity contribution >= 4 is 33.7 Å². The van der Waals surface area contributed by atoms with Gasteiger partial charge in [0.25, 0.3) is 5.91 Å². The summed E-state index contributed by atoms with van der Waals surface area (Å²) in [5, 5.41) is 17.2. The van der Waals surface area contributed by atoms with Crippen molar-refractivity contribution in [2.24, 2.45) is 0 Å². The Bertz CT molecular complexity index is 964. The molecule has 0 radical (unpaired) electrons. The Morgan fingerprint density at radius 2 is 2.04 bits per heavy atom. The molecule has 2 aromatic carbocycles. The molecule has 3 aromatic rings. The zero-order valence-electron chi connectivity index (χ0n) is 15.2. The molecule has 1 aliphatic heterocycles. The van der Waals surface area contributed by atoms with Crippen LogP contribution in [-0.2, 0) is 6.54 Å². The summed E-state index contributed by atoms with van der Waals surface area (Å²) in [5.74, 6) is -0.0564. The number of benzene rings is 2. The molecule has 4 rings (SSSR count). The Morgan fingerprint density at radius 3 is 2.85 bits per heavy atom. The smallest absolute Gasteiger partial charge is 0.275 e. The number of amides is 1. The average Bonchev–Trinajstić information content (AvgIpc) is 3.13. The van der Waals surface area contributed by atoms with Crippen molar-refractivity contribution < 1.29 is 9.90 Å². The molecule has 0 aliphatic carbocycles. The van der Waals surface area contributed by atoms with Crippen LogP contribution in [0.15, 0.2) is 41.8 Å². The van der Waals surface area contributed by atoms with Crippen LogP contribution < -0.4 is 5.32 Å². The summed E-state index contributed by atoms with van der Waals surface area (Å²) in [6.45, 7) is 4.96. The van der Waals surface area contributed by atoms with Gasteiger partial charge in [0, 0.05) is 42.6 Å². The molecule has 0 saturated carbocycles. The SMILES string of the molecule is CN1CCN(Cc2nc(C(=O)Nc3cccc4ccc(O)cc34)cs2)CC1. The molecule has 1 saturated heterocycles. The predicted molar refractivity (Wildman–Crippen MR) is 108 cm³/mol. The fourth-order valence-corrected chi connectivity index (χ4v) is 4.06. The van der Waals surface area contributed by atoms with Crippen LogP contribution in [0.2, 0.25) is 0 Å². The first-order valence-corrected chi connectivity index (χ1v) is 9.85. The molecule has 1 amide bonds. The second-order valence-electron chi connectivity index (χ2n) is 6.87. The summed E-state index contributed by atoms with van der Waals surface area (Å²) < 4.78 is 0. The number of likely N-dealkylation sites (N-methyl/N-ethyl adjacent to an activating group) is 1. The Morgan fingerprint density at radius 1 is 1.22 bits per heavy atom. The number of piperazine rings is 1. The second kappa shape index (κ2) is 7.64. The van der Waals surface area contributed by atoms with E-state index in [0.717, 1.165) is 48.5 Å². The fourth-order valence-electron chi connectivity index (χ4n) is 3.24. The molecular weight excluding hydrogens is 360 g/mol. The number of aromatic hydroxyl groups is 1. The van der Waals surface area contributed by atoms with E-state index in [1.807, 2.05) is 29.6 Å². The van der Waals surface area contributed by atoms with E-state index < -0.39 is 0 Å². The molecule has 2 N–H and O–H groups in total. The van der Waals surface area contributed by atoms with Crippen molar-refractivity contribution in [2.45, 2.75) is 6.54 Å². The van der Waals surface area contributed by atoms with Crippen molar-refractivity contribution in [1.29, 1.82) is 0 Å². The highest BCUT2D eigenvalue weighted by atomic mass is 32.1. The highest BCUT2D eigenvalue weighted by Crippen LogP contribution is 2.27. The van der Waals surface area contributed by atoms with Gasteiger partial charge in [-0.25, -0.2) is 4.98 Å². The number of aromatic nitrogens is 1. The van der Waals surface area contributed by atoms with E-state index in [2.05, 4.69) is 27.1 Å². The Hall–Kier alpha value is -2.48. The quantitative estimate of drug-likeness (QED) is 0.726. The van der Waals surface area contributed by atoms with E-state index in [4.69, 9.17) is 0 Å². The van der Waals surface area contributed by atoms with Crippen LogP contribution in [-0.4, -0.2) is 59.0 Å². The van der Waals surface area contributed by atoms with E-state index in [0.29, 0.717) is 11.4 Å². The monoisotopic (exact) mass is 382 g/mol. The van der Waals surface area contributed by atoms with Crippen molar-refractivity contribution in [3.05, 3.63) is 52.5 Å². The molecule has 1 aliphatic rings. The molecule has 27 heavy (non-hydrogen) atoms. The fraction of sp³-hybridized carbons (Fsp3) is 0.300. The number of thiazole rings is 1. The van der Waals surface area contributed by atoms with Crippen LogP contribution in [0.1, 0.15) is 15.5 Å². The van der Waals surface area contributed by atoms with Crippen LogP contribution in [0.3, 0.4) is 0 Å². The van der Waals surface area contributed by atoms with E-state index in [1.165, 1.54) is 11.3 Å². The lowest BCUT2D eigenvalue weighted by molar-refractivity contribution is 0.102. The maximum Gasteiger partial charge on any atom is 0.275 e. The number of nitrogens with zero attached hydrogens (tertiary/aromatic N) is 3. The maximum atomic E-state index is 12.6. The third-order valence-corrected chi connectivity index (χ3v) is 5.69. The number of carbonyl (C=O) groups is 1. The molecule has 6 nitrogen and oxygen atoms in total. The summed E-state index contributed by atoms with van der Waals surface area (Å²) in [7, 11) is 2.14. The number of phenolic OH excluding ortho intramolecular Hbond substituents is 1. The zero-order chi connectivity index (χ0) is 18.8. The van der Waals surface area contributed by atoms with Gasteiger partial charge in [-0.05, 0) is 30.6 Å². The van der Waals surface area contributed by atoms with Gasteiger partial charge in [-0.1, -0.05) is 18.2 Å². The molecular formula is C20H22N4O2S. The van der Waals surface area contributed by atoms with Gasteiger partial charge < -0.3 is 15.3 Å². The molecule has 1 aromatic heterocycles. The van der Waals surface area contributed by atoms with E-state index in [9.17, 15) is 9.90 Å². The van der Waals surface area contributed by atoms with Crippen LogP contribution in [0.4, 0.5) is 5.69 Å². The second-order valence-corrected chi connectivity index (χ2v) is 7.81. The molecule has 0 bridgehead atoms. The topological polar surface area (TPSA) is 68.7 Å². The van der Waals surface area contributed by atoms with Crippen molar-refractivity contribution in [2.75, 3.05) is 38.5 Å². The normalized spacial score (nSPS) is 15.9. The molecule has 0 spiro atoms. The lowest BCUT2D eigenvalue weighted by Gasteiger charge is -2.31. The van der Waals surface area contributed by atoms with Gasteiger partial charge >= 0.3 is 0 Å². The first-order valence-electron chi connectivity index (χ1n) is 8.97. The average molecular weight is 382 g/mol. The summed E-state index contributed by atoms with van der Waals surface area (Å²) >= 11 is 1.52. The molecule has 2 heterocycles. The molecule has 7 heteroatoms. The minimum absolute atomic E-state index is 0.173. The third kappa shape index (κ3) is 4.10. The molecule has 1 fully saturated rings. The van der Waals surface area contributed by atoms with E-state index in [1.54, 1.807) is 12.1 Å². The van der Waals surface area contributed by atoms with Crippen LogP contribution in [0.5, 0.6) is 5.75 Å². The highest BCUT2D eigenvalue weighted by Gasteiger charge is 2.17. The van der Waals surface area contributed by atoms with E-state index >= 15 is 0 Å². The zero-order valence-corrected chi connectivity index (χ0v) is 16.0. The number of anilines is 1. The Labute approximate surface area is 162 Å². The van der Waals surface area contributed by atoms with Gasteiger partial charge in [0.1, 0.15) is 16.5 Å². The third-order valence-electron chi connectivity index (χ3n) is 4.85. The van der Waals surface area contributed by atoms with Crippen molar-refractivity contribution in [3.63, 3.8) is 0 Å². The van der Waals surface area contributed by atoms with E-state index in [-0.39, 0.29) is 11.7 Å².